The first-order valence-corrected chi connectivity index (χ1v) is 8.86. The molecule has 3 N–H and O–H groups in total. The minimum atomic E-state index is -1.06. The first kappa shape index (κ1) is 20.1. The minimum Gasteiger partial charge on any atom is -0.396 e. The van der Waals surface area contributed by atoms with Crippen molar-refractivity contribution in [2.24, 2.45) is 0 Å². The Bertz CT molecular complexity index is 589. The molecule has 3 amide bonds. The van der Waals surface area contributed by atoms with Gasteiger partial charge in [-0.3, -0.25) is 4.79 Å². The van der Waals surface area contributed by atoms with E-state index in [9.17, 15) is 19.1 Å². The number of unbranched alkanes of at least 4 members (excludes halogenated alkanes) is 1. The number of benzene rings is 1. The predicted octanol–water partition coefficient (Wildman–Crippen LogP) is 0.703. The van der Waals surface area contributed by atoms with Gasteiger partial charge >= 0.3 is 6.03 Å². The Balaban J connectivity index is 1.72. The normalized spacial score (nSPS) is 15.7. The number of piperazine rings is 1. The fourth-order valence-corrected chi connectivity index (χ4v) is 2.81. The summed E-state index contributed by atoms with van der Waals surface area (Å²) in [6, 6.07) is 5.69. The van der Waals surface area contributed by atoms with Gasteiger partial charge in [0.15, 0.2) is 0 Å². The zero-order valence-electron chi connectivity index (χ0n) is 14.7. The van der Waals surface area contributed by atoms with Gasteiger partial charge < -0.3 is 25.3 Å². The summed E-state index contributed by atoms with van der Waals surface area (Å²) in [4.78, 5) is 27.5. The van der Waals surface area contributed by atoms with Crippen LogP contribution in [0.25, 0.3) is 0 Å². The molecule has 2 rings (SSSR count). The molecule has 1 aliphatic heterocycles. The molecule has 1 heterocycles. The fourth-order valence-electron chi connectivity index (χ4n) is 2.81. The molecule has 26 heavy (non-hydrogen) atoms. The number of amides is 3. The molecule has 1 aliphatic rings. The van der Waals surface area contributed by atoms with Gasteiger partial charge in [0.2, 0.25) is 0 Å². The summed E-state index contributed by atoms with van der Waals surface area (Å²) in [6.07, 6.45) is 0.430. The SMILES string of the molecule is O=C(NCc1ccc(F)cc1)N1CCN(C(=O)C(O)CCCCO)CC1. The number of nitrogens with one attached hydrogen (secondary N) is 1. The molecule has 1 unspecified atom stereocenters. The Hall–Kier alpha value is -2.19. The van der Waals surface area contributed by atoms with Gasteiger partial charge in [0.25, 0.3) is 5.91 Å². The van der Waals surface area contributed by atoms with Crippen molar-refractivity contribution in [3.05, 3.63) is 35.6 Å². The number of hydrogen-bond acceptors (Lipinski definition) is 4. The average Bonchev–Trinajstić information content (AvgIpc) is 2.67. The Labute approximate surface area is 152 Å². The number of nitrogens with zero attached hydrogens (tertiary/aromatic N) is 2. The van der Waals surface area contributed by atoms with Gasteiger partial charge in [0.1, 0.15) is 11.9 Å². The number of aliphatic hydroxyl groups excluding tert-OH is 2. The summed E-state index contributed by atoms with van der Waals surface area (Å²) >= 11 is 0. The lowest BCUT2D eigenvalue weighted by atomic mass is 10.1. The van der Waals surface area contributed by atoms with Gasteiger partial charge in [0.05, 0.1) is 0 Å². The molecule has 1 aromatic carbocycles. The molecule has 0 aliphatic carbocycles. The van der Waals surface area contributed by atoms with E-state index in [-0.39, 0.29) is 24.4 Å². The van der Waals surface area contributed by atoms with Crippen LogP contribution in [-0.4, -0.2) is 70.8 Å². The highest BCUT2D eigenvalue weighted by molar-refractivity contribution is 5.81. The van der Waals surface area contributed by atoms with Gasteiger partial charge in [-0.05, 0) is 37.0 Å². The van der Waals surface area contributed by atoms with E-state index >= 15 is 0 Å². The Kier molecular flexibility index (Phi) is 7.80. The molecule has 0 spiro atoms. The van der Waals surface area contributed by atoms with E-state index < -0.39 is 6.10 Å². The van der Waals surface area contributed by atoms with Gasteiger partial charge in [-0.25, -0.2) is 9.18 Å². The van der Waals surface area contributed by atoms with Crippen molar-refractivity contribution in [1.29, 1.82) is 0 Å². The third-order valence-corrected chi connectivity index (χ3v) is 4.41. The maximum absolute atomic E-state index is 12.9. The molecule has 1 atom stereocenters. The summed E-state index contributed by atoms with van der Waals surface area (Å²) in [7, 11) is 0. The van der Waals surface area contributed by atoms with E-state index in [1.807, 2.05) is 0 Å². The lowest BCUT2D eigenvalue weighted by molar-refractivity contribution is -0.142. The van der Waals surface area contributed by atoms with Crippen LogP contribution in [0.15, 0.2) is 24.3 Å². The lowest BCUT2D eigenvalue weighted by Gasteiger charge is -2.35. The van der Waals surface area contributed by atoms with Crippen LogP contribution in [0.4, 0.5) is 9.18 Å². The highest BCUT2D eigenvalue weighted by Crippen LogP contribution is 2.09. The van der Waals surface area contributed by atoms with Gasteiger partial charge in [-0.1, -0.05) is 12.1 Å². The van der Waals surface area contributed by atoms with E-state index in [2.05, 4.69) is 5.32 Å². The number of urea groups is 1. The fraction of sp³-hybridized carbons (Fsp3) is 0.556. The topological polar surface area (TPSA) is 93.1 Å². The van der Waals surface area contributed by atoms with Crippen LogP contribution >= 0.6 is 0 Å². The third-order valence-electron chi connectivity index (χ3n) is 4.41. The van der Waals surface area contributed by atoms with Crippen LogP contribution in [-0.2, 0) is 11.3 Å². The van der Waals surface area contributed by atoms with Crippen LogP contribution < -0.4 is 5.32 Å². The maximum Gasteiger partial charge on any atom is 0.317 e. The average molecular weight is 367 g/mol. The van der Waals surface area contributed by atoms with E-state index in [0.29, 0.717) is 52.0 Å². The Morgan fingerprint density at radius 2 is 1.69 bits per heavy atom. The van der Waals surface area contributed by atoms with Gasteiger partial charge in [-0.2, -0.15) is 0 Å². The molecule has 8 heteroatoms. The maximum atomic E-state index is 12.9. The molecule has 1 saturated heterocycles. The molecular formula is C18H26FN3O4. The third kappa shape index (κ3) is 5.96. The number of carbonyl (C=O) groups excluding carboxylic acids is 2. The van der Waals surface area contributed by atoms with E-state index in [4.69, 9.17) is 5.11 Å². The second kappa shape index (κ2) is 10.1. The molecule has 1 fully saturated rings. The number of rotatable bonds is 7. The molecule has 1 aromatic rings. The zero-order chi connectivity index (χ0) is 18.9. The zero-order valence-corrected chi connectivity index (χ0v) is 14.7. The van der Waals surface area contributed by atoms with Crippen LogP contribution in [0.5, 0.6) is 0 Å². The van der Waals surface area contributed by atoms with Crippen LogP contribution in [0.1, 0.15) is 24.8 Å². The Morgan fingerprint density at radius 1 is 1.08 bits per heavy atom. The molecule has 7 nitrogen and oxygen atoms in total. The second-order valence-corrected chi connectivity index (χ2v) is 6.33. The summed E-state index contributed by atoms with van der Waals surface area (Å²) in [6.45, 7) is 1.89. The van der Waals surface area contributed by atoms with Crippen molar-refractivity contribution in [1.82, 2.24) is 15.1 Å². The summed E-state index contributed by atoms with van der Waals surface area (Å²) in [5.74, 6) is -0.645. The lowest BCUT2D eigenvalue weighted by Crippen LogP contribution is -2.54. The number of halogens is 1. The first-order valence-electron chi connectivity index (χ1n) is 8.86. The van der Waals surface area contributed by atoms with E-state index in [1.54, 1.807) is 21.9 Å². The molecular weight excluding hydrogens is 341 g/mol. The quantitative estimate of drug-likeness (QED) is 0.619. The number of hydrogen-bond donors (Lipinski definition) is 3. The second-order valence-electron chi connectivity index (χ2n) is 6.33. The molecule has 144 valence electrons. The monoisotopic (exact) mass is 367 g/mol. The molecule has 0 aromatic heterocycles. The van der Waals surface area contributed by atoms with Gasteiger partial charge in [0, 0.05) is 39.3 Å². The minimum absolute atomic E-state index is 0.0482. The molecule has 0 bridgehead atoms. The largest absolute Gasteiger partial charge is 0.396 e. The predicted molar refractivity (Wildman–Crippen MR) is 93.7 cm³/mol. The van der Waals surface area contributed by atoms with Crippen LogP contribution in [0, 0.1) is 5.82 Å². The van der Waals surface area contributed by atoms with Crippen molar-refractivity contribution in [2.75, 3.05) is 32.8 Å². The van der Waals surface area contributed by atoms with Crippen LogP contribution in [0.3, 0.4) is 0 Å². The van der Waals surface area contributed by atoms with Crippen molar-refractivity contribution >= 4 is 11.9 Å². The van der Waals surface area contributed by atoms with Crippen molar-refractivity contribution in [2.45, 2.75) is 31.9 Å². The highest BCUT2D eigenvalue weighted by Gasteiger charge is 2.27. The van der Waals surface area contributed by atoms with Crippen molar-refractivity contribution in [3.63, 3.8) is 0 Å². The smallest absolute Gasteiger partial charge is 0.317 e. The Morgan fingerprint density at radius 3 is 2.31 bits per heavy atom. The first-order chi connectivity index (χ1) is 12.5. The van der Waals surface area contributed by atoms with E-state index in [0.717, 1.165) is 5.56 Å². The molecule has 0 radical (unpaired) electrons. The number of aliphatic hydroxyl groups is 2. The van der Waals surface area contributed by atoms with Crippen molar-refractivity contribution in [3.8, 4) is 0 Å². The summed E-state index contributed by atoms with van der Waals surface area (Å²) < 4.78 is 12.9. The standard InChI is InChI=1S/C18H26FN3O4/c19-15-6-4-14(5-7-15)13-20-18(26)22-10-8-21(9-11-22)17(25)16(24)3-1-2-12-23/h4-7,16,23-24H,1-3,8-13H2,(H,20,26). The highest BCUT2D eigenvalue weighted by atomic mass is 19.1. The van der Waals surface area contributed by atoms with Crippen LogP contribution in [0.2, 0.25) is 0 Å². The molecule has 0 saturated carbocycles. The van der Waals surface area contributed by atoms with E-state index in [1.165, 1.54) is 12.1 Å². The van der Waals surface area contributed by atoms with Gasteiger partial charge in [-0.15, -0.1) is 0 Å². The summed E-state index contributed by atoms with van der Waals surface area (Å²) in [5, 5.41) is 21.4. The summed E-state index contributed by atoms with van der Waals surface area (Å²) in [5.41, 5.74) is 0.805. The van der Waals surface area contributed by atoms with Crippen molar-refractivity contribution < 1.29 is 24.2 Å². The number of carbonyl (C=O) groups is 2.